The number of hydrogen-bond donors (Lipinski definition) is 1. The van der Waals surface area contributed by atoms with E-state index in [0.29, 0.717) is 17.0 Å². The molecule has 4 heteroatoms. The Morgan fingerprint density at radius 2 is 1.95 bits per heavy atom. The first-order valence-electron chi connectivity index (χ1n) is 6.34. The van der Waals surface area contributed by atoms with Crippen LogP contribution < -0.4 is 15.2 Å². The van der Waals surface area contributed by atoms with Crippen molar-refractivity contribution >= 4 is 5.69 Å². The van der Waals surface area contributed by atoms with E-state index in [1.807, 2.05) is 26.0 Å². The van der Waals surface area contributed by atoms with Gasteiger partial charge in [-0.2, -0.15) is 0 Å². The van der Waals surface area contributed by atoms with Crippen LogP contribution in [0.1, 0.15) is 16.7 Å². The van der Waals surface area contributed by atoms with Gasteiger partial charge in [-0.3, -0.25) is 0 Å². The Hall–Kier alpha value is -2.23. The Balaban J connectivity index is 2.21. The molecule has 2 rings (SSSR count). The van der Waals surface area contributed by atoms with E-state index in [2.05, 4.69) is 0 Å². The number of rotatable bonds is 4. The normalized spacial score (nSPS) is 10.4. The Kier molecular flexibility index (Phi) is 4.13. The van der Waals surface area contributed by atoms with Crippen LogP contribution in [-0.2, 0) is 6.61 Å². The molecule has 0 aliphatic carbocycles. The number of methoxy groups -OCH3 is 1. The van der Waals surface area contributed by atoms with Crippen molar-refractivity contribution in [3.05, 3.63) is 52.8 Å². The van der Waals surface area contributed by atoms with Gasteiger partial charge in [-0.25, -0.2) is 4.39 Å². The molecule has 0 spiro atoms. The Bertz CT molecular complexity index is 603. The van der Waals surface area contributed by atoms with E-state index in [9.17, 15) is 4.39 Å². The molecule has 3 nitrogen and oxygen atoms in total. The van der Waals surface area contributed by atoms with Crippen molar-refractivity contribution in [2.24, 2.45) is 0 Å². The van der Waals surface area contributed by atoms with Gasteiger partial charge >= 0.3 is 0 Å². The molecular weight excluding hydrogens is 257 g/mol. The van der Waals surface area contributed by atoms with E-state index in [1.165, 1.54) is 7.11 Å². The van der Waals surface area contributed by atoms with Crippen LogP contribution in [0.15, 0.2) is 30.3 Å². The third-order valence-electron chi connectivity index (χ3n) is 3.08. The molecule has 0 bridgehead atoms. The summed E-state index contributed by atoms with van der Waals surface area (Å²) in [7, 11) is 1.44. The highest BCUT2D eigenvalue weighted by atomic mass is 19.1. The van der Waals surface area contributed by atoms with Gasteiger partial charge in [-0.05, 0) is 37.1 Å². The van der Waals surface area contributed by atoms with Gasteiger partial charge in [0, 0.05) is 5.56 Å². The fourth-order valence-electron chi connectivity index (χ4n) is 2.16. The third kappa shape index (κ3) is 2.85. The molecule has 0 amide bonds. The standard InChI is InChI=1S/C16H18FNO2/c1-10-7-11(2)16(13(18)8-10)20-9-12-5-4-6-14(19-3)15(12)17/h4-8H,9,18H2,1-3H3. The second-order valence-corrected chi connectivity index (χ2v) is 4.72. The predicted octanol–water partition coefficient (Wildman–Crippen LogP) is 3.61. The molecule has 0 aliphatic rings. The summed E-state index contributed by atoms with van der Waals surface area (Å²) < 4.78 is 24.6. The lowest BCUT2D eigenvalue weighted by Crippen LogP contribution is -2.03. The molecule has 0 aliphatic heterocycles. The van der Waals surface area contributed by atoms with Crippen molar-refractivity contribution in [1.82, 2.24) is 0 Å². The number of benzene rings is 2. The maximum atomic E-state index is 14.0. The summed E-state index contributed by atoms with van der Waals surface area (Å²) in [5.74, 6) is 0.399. The molecule has 2 aromatic carbocycles. The molecule has 0 atom stereocenters. The SMILES string of the molecule is COc1cccc(COc2c(C)cc(C)cc2N)c1F. The zero-order valence-electron chi connectivity index (χ0n) is 11.9. The molecule has 106 valence electrons. The first-order chi connectivity index (χ1) is 9.52. The minimum atomic E-state index is -0.404. The molecule has 0 unspecified atom stereocenters. The average molecular weight is 275 g/mol. The minimum absolute atomic E-state index is 0.108. The maximum Gasteiger partial charge on any atom is 0.171 e. The van der Waals surface area contributed by atoms with Crippen LogP contribution >= 0.6 is 0 Å². The number of nitrogen functional groups attached to an aromatic ring is 1. The van der Waals surface area contributed by atoms with Gasteiger partial charge in [-0.15, -0.1) is 0 Å². The lowest BCUT2D eigenvalue weighted by atomic mass is 10.1. The van der Waals surface area contributed by atoms with E-state index >= 15 is 0 Å². The number of aryl methyl sites for hydroxylation is 2. The van der Waals surface area contributed by atoms with Gasteiger partial charge in [0.2, 0.25) is 0 Å². The second-order valence-electron chi connectivity index (χ2n) is 4.72. The molecule has 0 heterocycles. The van der Waals surface area contributed by atoms with E-state index in [4.69, 9.17) is 15.2 Å². The van der Waals surface area contributed by atoms with Crippen LogP contribution in [0.2, 0.25) is 0 Å². The van der Waals surface area contributed by atoms with Gasteiger partial charge in [0.05, 0.1) is 12.8 Å². The van der Waals surface area contributed by atoms with Crippen molar-refractivity contribution in [1.29, 1.82) is 0 Å². The monoisotopic (exact) mass is 275 g/mol. The number of halogens is 1. The summed E-state index contributed by atoms with van der Waals surface area (Å²) in [6.07, 6.45) is 0. The van der Waals surface area contributed by atoms with Gasteiger partial charge in [0.15, 0.2) is 11.6 Å². The summed E-state index contributed by atoms with van der Waals surface area (Å²) >= 11 is 0. The molecule has 2 aromatic rings. The zero-order chi connectivity index (χ0) is 14.7. The highest BCUT2D eigenvalue weighted by Gasteiger charge is 2.11. The average Bonchev–Trinajstić information content (AvgIpc) is 2.39. The van der Waals surface area contributed by atoms with Crippen LogP contribution in [0.5, 0.6) is 11.5 Å². The molecule has 0 saturated heterocycles. The van der Waals surface area contributed by atoms with Crippen molar-refractivity contribution in [3.8, 4) is 11.5 Å². The number of hydrogen-bond acceptors (Lipinski definition) is 3. The van der Waals surface area contributed by atoms with Crippen LogP contribution in [0.25, 0.3) is 0 Å². The largest absolute Gasteiger partial charge is 0.494 e. The summed E-state index contributed by atoms with van der Waals surface area (Å²) in [5.41, 5.74) is 8.94. The number of anilines is 1. The lowest BCUT2D eigenvalue weighted by Gasteiger charge is -2.14. The van der Waals surface area contributed by atoms with Crippen molar-refractivity contribution in [2.45, 2.75) is 20.5 Å². The Morgan fingerprint density at radius 1 is 1.20 bits per heavy atom. The van der Waals surface area contributed by atoms with E-state index in [-0.39, 0.29) is 12.4 Å². The van der Waals surface area contributed by atoms with E-state index in [1.54, 1.807) is 18.2 Å². The Morgan fingerprint density at radius 3 is 2.60 bits per heavy atom. The summed E-state index contributed by atoms with van der Waals surface area (Å²) in [6, 6.07) is 8.78. The van der Waals surface area contributed by atoms with Crippen LogP contribution in [0.4, 0.5) is 10.1 Å². The van der Waals surface area contributed by atoms with E-state index < -0.39 is 5.82 Å². The zero-order valence-corrected chi connectivity index (χ0v) is 11.9. The summed E-state index contributed by atoms with van der Waals surface area (Å²) in [5, 5.41) is 0. The quantitative estimate of drug-likeness (QED) is 0.867. The second kappa shape index (κ2) is 5.82. The highest BCUT2D eigenvalue weighted by Crippen LogP contribution is 2.29. The third-order valence-corrected chi connectivity index (χ3v) is 3.08. The van der Waals surface area contributed by atoms with Gasteiger partial charge in [0.1, 0.15) is 12.4 Å². The maximum absolute atomic E-state index is 14.0. The van der Waals surface area contributed by atoms with Crippen molar-refractivity contribution in [2.75, 3.05) is 12.8 Å². The summed E-state index contributed by atoms with van der Waals surface area (Å²) in [4.78, 5) is 0. The van der Waals surface area contributed by atoms with Crippen LogP contribution in [-0.4, -0.2) is 7.11 Å². The van der Waals surface area contributed by atoms with Crippen LogP contribution in [0.3, 0.4) is 0 Å². The lowest BCUT2D eigenvalue weighted by molar-refractivity contribution is 0.295. The molecule has 0 radical (unpaired) electrons. The smallest absolute Gasteiger partial charge is 0.171 e. The molecule has 2 N–H and O–H groups in total. The van der Waals surface area contributed by atoms with Gasteiger partial charge in [-0.1, -0.05) is 18.2 Å². The summed E-state index contributed by atoms with van der Waals surface area (Å²) in [6.45, 7) is 3.99. The van der Waals surface area contributed by atoms with Crippen LogP contribution in [0, 0.1) is 19.7 Å². The first kappa shape index (κ1) is 14.2. The number of ether oxygens (including phenoxy) is 2. The molecule has 20 heavy (non-hydrogen) atoms. The minimum Gasteiger partial charge on any atom is -0.494 e. The fraction of sp³-hybridized carbons (Fsp3) is 0.250. The van der Waals surface area contributed by atoms with Crippen molar-refractivity contribution in [3.63, 3.8) is 0 Å². The number of nitrogens with two attached hydrogens (primary N) is 1. The predicted molar refractivity (Wildman–Crippen MR) is 77.6 cm³/mol. The Labute approximate surface area is 118 Å². The molecule has 0 saturated carbocycles. The fourth-order valence-corrected chi connectivity index (χ4v) is 2.16. The highest BCUT2D eigenvalue weighted by molar-refractivity contribution is 5.58. The molecular formula is C16H18FNO2. The topological polar surface area (TPSA) is 44.5 Å². The molecule has 0 aromatic heterocycles. The van der Waals surface area contributed by atoms with Gasteiger partial charge in [0.25, 0.3) is 0 Å². The van der Waals surface area contributed by atoms with Gasteiger partial charge < -0.3 is 15.2 Å². The van der Waals surface area contributed by atoms with Crippen molar-refractivity contribution < 1.29 is 13.9 Å². The van der Waals surface area contributed by atoms with E-state index in [0.717, 1.165) is 11.1 Å². The molecule has 0 fully saturated rings. The first-order valence-corrected chi connectivity index (χ1v) is 6.34.